The zero-order valence-corrected chi connectivity index (χ0v) is 17.3. The number of rotatable bonds is 5. The minimum absolute atomic E-state index is 0.116. The van der Waals surface area contributed by atoms with Crippen molar-refractivity contribution < 1.29 is 22.4 Å². The first-order valence-corrected chi connectivity index (χ1v) is 11.3. The molecular formula is C19H27FN4O4S. The molecule has 8 nitrogen and oxygen atoms in total. The molecule has 1 atom stereocenters. The van der Waals surface area contributed by atoms with E-state index in [1.54, 1.807) is 6.92 Å². The third kappa shape index (κ3) is 5.12. The predicted molar refractivity (Wildman–Crippen MR) is 105 cm³/mol. The molecule has 2 aliphatic rings. The van der Waals surface area contributed by atoms with Crippen LogP contribution in [0.15, 0.2) is 29.2 Å². The molecule has 0 spiro atoms. The lowest BCUT2D eigenvalue weighted by Gasteiger charge is -2.36. The van der Waals surface area contributed by atoms with Crippen LogP contribution >= 0.6 is 0 Å². The maximum atomic E-state index is 13.9. The number of imide groups is 1. The van der Waals surface area contributed by atoms with Crippen molar-refractivity contribution in [1.82, 2.24) is 19.8 Å². The number of halogens is 1. The second-order valence-electron chi connectivity index (χ2n) is 7.49. The lowest BCUT2D eigenvalue weighted by molar-refractivity contribution is -0.125. The lowest BCUT2D eigenvalue weighted by atomic mass is 10.2. The first kappa shape index (κ1) is 21.7. The number of nitrogens with zero attached hydrogens (tertiary/aromatic N) is 2. The largest absolute Gasteiger partial charge is 0.335 e. The van der Waals surface area contributed by atoms with Gasteiger partial charge in [-0.1, -0.05) is 25.0 Å². The third-order valence-electron chi connectivity index (χ3n) is 5.58. The van der Waals surface area contributed by atoms with Gasteiger partial charge in [-0.15, -0.1) is 0 Å². The molecule has 2 fully saturated rings. The summed E-state index contributed by atoms with van der Waals surface area (Å²) in [6, 6.07) is 4.33. The Morgan fingerprint density at radius 2 is 1.72 bits per heavy atom. The Morgan fingerprint density at radius 1 is 1.10 bits per heavy atom. The van der Waals surface area contributed by atoms with Gasteiger partial charge in [0.15, 0.2) is 0 Å². The van der Waals surface area contributed by atoms with E-state index < -0.39 is 33.8 Å². The summed E-state index contributed by atoms with van der Waals surface area (Å²) in [5, 5.41) is 5.17. The Morgan fingerprint density at radius 3 is 2.34 bits per heavy atom. The van der Waals surface area contributed by atoms with E-state index in [-0.39, 0.29) is 24.0 Å². The van der Waals surface area contributed by atoms with Crippen molar-refractivity contribution in [3.63, 3.8) is 0 Å². The van der Waals surface area contributed by atoms with Gasteiger partial charge in [-0.25, -0.2) is 17.6 Å². The summed E-state index contributed by atoms with van der Waals surface area (Å²) in [4.78, 5) is 25.8. The van der Waals surface area contributed by atoms with E-state index in [0.29, 0.717) is 13.1 Å². The van der Waals surface area contributed by atoms with Gasteiger partial charge in [-0.05, 0) is 31.9 Å². The van der Waals surface area contributed by atoms with Crippen LogP contribution in [0.4, 0.5) is 9.18 Å². The van der Waals surface area contributed by atoms with Crippen LogP contribution in [0.1, 0.15) is 32.6 Å². The highest BCUT2D eigenvalue weighted by Crippen LogP contribution is 2.21. The molecule has 1 aromatic rings. The number of benzene rings is 1. The summed E-state index contributed by atoms with van der Waals surface area (Å²) in [5.41, 5.74) is 0. The molecule has 1 saturated carbocycles. The van der Waals surface area contributed by atoms with Gasteiger partial charge in [0.2, 0.25) is 15.9 Å². The average Bonchev–Trinajstić information content (AvgIpc) is 3.20. The summed E-state index contributed by atoms with van der Waals surface area (Å²) in [6.07, 6.45) is 4.01. The molecule has 10 heteroatoms. The Kier molecular flexibility index (Phi) is 6.86. The van der Waals surface area contributed by atoms with Crippen LogP contribution in [0, 0.1) is 5.82 Å². The fraction of sp³-hybridized carbons (Fsp3) is 0.579. The fourth-order valence-corrected chi connectivity index (χ4v) is 5.29. The Labute approximate surface area is 170 Å². The standard InChI is InChI=1S/C19H27FN4O4S/c1-14(18(25)22-19(26)21-15-6-2-3-7-15)23-10-12-24(13-11-23)29(27,28)17-9-5-4-8-16(17)20/h4-5,8-9,14-15H,2-3,6-7,10-13H2,1H3,(H2,21,22,25,26)/t14-/m1/s1. The highest BCUT2D eigenvalue weighted by atomic mass is 32.2. The number of hydrogen-bond acceptors (Lipinski definition) is 5. The lowest BCUT2D eigenvalue weighted by Crippen LogP contribution is -2.56. The molecule has 3 rings (SSSR count). The molecule has 3 amide bonds. The van der Waals surface area contributed by atoms with Gasteiger partial charge >= 0.3 is 6.03 Å². The van der Waals surface area contributed by atoms with Crippen LogP contribution in [0.3, 0.4) is 0 Å². The van der Waals surface area contributed by atoms with Crippen molar-refractivity contribution in [2.45, 2.75) is 49.6 Å². The summed E-state index contributed by atoms with van der Waals surface area (Å²) < 4.78 is 40.5. The molecule has 0 bridgehead atoms. The number of sulfonamides is 1. The molecule has 29 heavy (non-hydrogen) atoms. The van der Waals surface area contributed by atoms with Gasteiger partial charge in [0.1, 0.15) is 10.7 Å². The van der Waals surface area contributed by atoms with Crippen molar-refractivity contribution in [2.24, 2.45) is 0 Å². The molecule has 2 N–H and O–H groups in total. The van der Waals surface area contributed by atoms with Crippen LogP contribution in [0.25, 0.3) is 0 Å². The normalized spacial score (nSPS) is 20.3. The second-order valence-corrected chi connectivity index (χ2v) is 9.40. The number of piperazine rings is 1. The molecular weight excluding hydrogens is 399 g/mol. The van der Waals surface area contributed by atoms with Crippen molar-refractivity contribution in [3.8, 4) is 0 Å². The van der Waals surface area contributed by atoms with Crippen molar-refractivity contribution in [2.75, 3.05) is 26.2 Å². The Balaban J connectivity index is 1.52. The minimum atomic E-state index is -3.93. The van der Waals surface area contributed by atoms with Gasteiger partial charge in [0, 0.05) is 32.2 Å². The summed E-state index contributed by atoms with van der Waals surface area (Å²) in [6.45, 7) is 2.59. The van der Waals surface area contributed by atoms with Crippen LogP contribution in [-0.2, 0) is 14.8 Å². The van der Waals surface area contributed by atoms with E-state index in [9.17, 15) is 22.4 Å². The van der Waals surface area contributed by atoms with Crippen molar-refractivity contribution >= 4 is 22.0 Å². The number of urea groups is 1. The fourth-order valence-electron chi connectivity index (χ4n) is 3.80. The summed E-state index contributed by atoms with van der Waals surface area (Å²) in [5.74, 6) is -1.21. The van der Waals surface area contributed by atoms with Gasteiger partial charge in [-0.3, -0.25) is 15.0 Å². The van der Waals surface area contributed by atoms with E-state index in [2.05, 4.69) is 10.6 Å². The number of carbonyl (C=O) groups excluding carboxylic acids is 2. The van der Waals surface area contributed by atoms with E-state index >= 15 is 0 Å². The first-order chi connectivity index (χ1) is 13.8. The predicted octanol–water partition coefficient (Wildman–Crippen LogP) is 1.29. The van der Waals surface area contributed by atoms with Gasteiger partial charge in [0.25, 0.3) is 0 Å². The van der Waals surface area contributed by atoms with Gasteiger partial charge in [-0.2, -0.15) is 4.31 Å². The van der Waals surface area contributed by atoms with E-state index in [1.807, 2.05) is 4.90 Å². The highest BCUT2D eigenvalue weighted by Gasteiger charge is 2.33. The van der Waals surface area contributed by atoms with Gasteiger partial charge in [0.05, 0.1) is 6.04 Å². The zero-order chi connectivity index (χ0) is 21.0. The molecule has 0 aromatic heterocycles. The molecule has 0 unspecified atom stereocenters. The van der Waals surface area contributed by atoms with Crippen LogP contribution < -0.4 is 10.6 Å². The van der Waals surface area contributed by atoms with Crippen LogP contribution in [0.2, 0.25) is 0 Å². The molecule has 0 radical (unpaired) electrons. The quantitative estimate of drug-likeness (QED) is 0.739. The molecule has 1 aliphatic heterocycles. The molecule has 1 heterocycles. The smallest absolute Gasteiger partial charge is 0.321 e. The Hall–Kier alpha value is -2.04. The first-order valence-electron chi connectivity index (χ1n) is 9.89. The van der Waals surface area contributed by atoms with E-state index in [1.165, 1.54) is 22.5 Å². The number of carbonyl (C=O) groups is 2. The summed E-state index contributed by atoms with van der Waals surface area (Å²) >= 11 is 0. The number of hydrogen-bond donors (Lipinski definition) is 2. The average molecular weight is 427 g/mol. The number of nitrogens with one attached hydrogen (secondary N) is 2. The van der Waals surface area contributed by atoms with Gasteiger partial charge < -0.3 is 5.32 Å². The molecule has 160 valence electrons. The van der Waals surface area contributed by atoms with Crippen LogP contribution in [-0.4, -0.2) is 67.8 Å². The maximum Gasteiger partial charge on any atom is 0.321 e. The van der Waals surface area contributed by atoms with Crippen molar-refractivity contribution in [3.05, 3.63) is 30.1 Å². The zero-order valence-electron chi connectivity index (χ0n) is 16.4. The highest BCUT2D eigenvalue weighted by molar-refractivity contribution is 7.89. The minimum Gasteiger partial charge on any atom is -0.335 e. The van der Waals surface area contributed by atoms with Crippen LogP contribution in [0.5, 0.6) is 0 Å². The topological polar surface area (TPSA) is 98.8 Å². The van der Waals surface area contributed by atoms with E-state index in [4.69, 9.17) is 0 Å². The molecule has 1 saturated heterocycles. The van der Waals surface area contributed by atoms with Crippen molar-refractivity contribution in [1.29, 1.82) is 0 Å². The van der Waals surface area contributed by atoms with E-state index in [0.717, 1.165) is 31.7 Å². The maximum absolute atomic E-state index is 13.9. The second kappa shape index (κ2) is 9.19. The third-order valence-corrected chi connectivity index (χ3v) is 7.51. The summed E-state index contributed by atoms with van der Waals surface area (Å²) in [7, 11) is -3.93. The SMILES string of the molecule is C[C@H](C(=O)NC(=O)NC1CCCC1)N1CCN(S(=O)(=O)c2ccccc2F)CC1. The number of amides is 3. The Bertz CT molecular complexity index is 850. The molecule has 1 aliphatic carbocycles. The molecule has 1 aromatic carbocycles. The monoisotopic (exact) mass is 426 g/mol.